The molecule has 17 nitrogen and oxygen atoms in total. The van der Waals surface area contributed by atoms with Gasteiger partial charge in [-0.15, -0.1) is 10.2 Å². The number of aromatic amines is 1. The molecular formula is C20H14N6O11S2. The average molecular weight is 578 g/mol. The van der Waals surface area contributed by atoms with E-state index in [4.69, 9.17) is 5.73 Å². The van der Waals surface area contributed by atoms with Crippen LogP contribution in [-0.2, 0) is 20.2 Å². The number of nitrogens with zero attached hydrogens (tertiary/aromatic N) is 4. The first-order valence-electron chi connectivity index (χ1n) is 10.1. The monoisotopic (exact) mass is 578 g/mol. The second-order valence-electron chi connectivity index (χ2n) is 7.75. The summed E-state index contributed by atoms with van der Waals surface area (Å²) in [6, 6.07) is 7.87. The Morgan fingerprint density at radius 1 is 1.00 bits per heavy atom. The van der Waals surface area contributed by atoms with Gasteiger partial charge in [-0.3, -0.25) is 33.9 Å². The molecule has 0 aliphatic carbocycles. The summed E-state index contributed by atoms with van der Waals surface area (Å²) in [5.41, 5.74) is 1.65. The zero-order valence-corrected chi connectivity index (χ0v) is 20.5. The van der Waals surface area contributed by atoms with Crippen molar-refractivity contribution in [2.45, 2.75) is 9.79 Å². The van der Waals surface area contributed by atoms with Gasteiger partial charge in [0.2, 0.25) is 0 Å². The first kappa shape index (κ1) is 27.1. The number of nitro benzene ring substituents is 1. The predicted octanol–water partition coefficient (Wildman–Crippen LogP) is 1.94. The zero-order chi connectivity index (χ0) is 28.9. The SMILES string of the molecule is NC(=O)c1[nH]n(-c2ccc3c(O)cc(S(=O)(=O)O)cc3c2)c(=O)c1N=Nc1ccc([N+](=O)[O-])cc1S(=O)(=O)O. The normalized spacial score (nSPS) is 12.3. The molecule has 3 aromatic carbocycles. The third-order valence-corrected chi connectivity index (χ3v) is 6.96. The lowest BCUT2D eigenvalue weighted by molar-refractivity contribution is -0.385. The van der Waals surface area contributed by atoms with E-state index in [1.807, 2.05) is 0 Å². The molecule has 0 bridgehead atoms. The maximum Gasteiger partial charge on any atom is 0.299 e. The Morgan fingerprint density at radius 3 is 2.28 bits per heavy atom. The van der Waals surface area contributed by atoms with E-state index < -0.39 is 74.9 Å². The van der Waals surface area contributed by atoms with Crippen molar-refractivity contribution >= 4 is 54.0 Å². The van der Waals surface area contributed by atoms with Gasteiger partial charge in [0.25, 0.3) is 37.4 Å². The molecule has 0 saturated carbocycles. The molecule has 0 saturated heterocycles. The van der Waals surface area contributed by atoms with Crippen LogP contribution in [0, 0.1) is 10.1 Å². The Morgan fingerprint density at radius 2 is 1.69 bits per heavy atom. The van der Waals surface area contributed by atoms with E-state index in [1.165, 1.54) is 18.2 Å². The minimum Gasteiger partial charge on any atom is -0.507 e. The summed E-state index contributed by atoms with van der Waals surface area (Å²) in [6.45, 7) is 0. The van der Waals surface area contributed by atoms with E-state index in [9.17, 15) is 50.8 Å². The number of amides is 1. The number of hydrogen-bond acceptors (Lipinski definition) is 11. The number of azo groups is 1. The number of H-pyrrole nitrogens is 1. The summed E-state index contributed by atoms with van der Waals surface area (Å²) in [7, 11) is -9.72. The van der Waals surface area contributed by atoms with Gasteiger partial charge in [0.1, 0.15) is 16.3 Å². The Balaban J connectivity index is 1.88. The van der Waals surface area contributed by atoms with Gasteiger partial charge in [-0.25, -0.2) is 4.68 Å². The van der Waals surface area contributed by atoms with Crippen LogP contribution in [0.2, 0.25) is 0 Å². The summed E-state index contributed by atoms with van der Waals surface area (Å²) in [5, 5.41) is 30.8. The number of nitro groups is 1. The fraction of sp³-hybridized carbons (Fsp3) is 0. The Kier molecular flexibility index (Phi) is 6.52. The molecule has 0 radical (unpaired) electrons. The predicted molar refractivity (Wildman–Crippen MR) is 131 cm³/mol. The number of hydrogen-bond donors (Lipinski definition) is 5. The number of carbonyl (C=O) groups is 1. The van der Waals surface area contributed by atoms with Crippen LogP contribution in [0.5, 0.6) is 5.75 Å². The summed E-state index contributed by atoms with van der Waals surface area (Å²) in [5.74, 6) is -1.68. The highest BCUT2D eigenvalue weighted by Crippen LogP contribution is 2.32. The number of primary amides is 1. The lowest BCUT2D eigenvalue weighted by atomic mass is 10.1. The van der Waals surface area contributed by atoms with E-state index >= 15 is 0 Å². The molecule has 6 N–H and O–H groups in total. The van der Waals surface area contributed by atoms with Crippen LogP contribution in [0.4, 0.5) is 17.1 Å². The summed E-state index contributed by atoms with van der Waals surface area (Å²) < 4.78 is 65.9. The van der Waals surface area contributed by atoms with Crippen LogP contribution in [-0.4, -0.2) is 51.7 Å². The van der Waals surface area contributed by atoms with Crippen molar-refractivity contribution < 1.29 is 40.8 Å². The van der Waals surface area contributed by atoms with Crippen molar-refractivity contribution in [3.05, 3.63) is 74.7 Å². The topological polar surface area (TPSA) is 278 Å². The van der Waals surface area contributed by atoms with Gasteiger partial charge in [0.15, 0.2) is 11.4 Å². The molecule has 1 amide bonds. The molecule has 1 heterocycles. The van der Waals surface area contributed by atoms with Crippen molar-refractivity contribution in [3.8, 4) is 11.4 Å². The highest BCUT2D eigenvalue weighted by molar-refractivity contribution is 7.86. The van der Waals surface area contributed by atoms with Crippen LogP contribution >= 0.6 is 0 Å². The number of fused-ring (bicyclic) bond motifs is 1. The van der Waals surface area contributed by atoms with Crippen molar-refractivity contribution in [2.24, 2.45) is 16.0 Å². The maximum atomic E-state index is 13.1. The third-order valence-electron chi connectivity index (χ3n) is 5.25. The Bertz CT molecular complexity index is 2010. The molecular weight excluding hydrogens is 564 g/mol. The first-order chi connectivity index (χ1) is 18.1. The number of carbonyl (C=O) groups excluding carboxylic acids is 1. The highest BCUT2D eigenvalue weighted by atomic mass is 32.2. The van der Waals surface area contributed by atoms with Crippen LogP contribution in [0.1, 0.15) is 10.5 Å². The number of aromatic nitrogens is 2. The number of nitrogens with one attached hydrogen (secondary N) is 1. The van der Waals surface area contributed by atoms with Gasteiger partial charge in [0, 0.05) is 23.6 Å². The number of aromatic hydroxyl groups is 1. The standard InChI is InChI=1S/C20H14N6O11S2/c21-19(28)17-18(23-22-14-4-2-11(26(30)31)7-16(14)39(35,36)37)20(29)25(24-17)10-1-3-13-9(5-10)6-12(8-15(13)27)38(32,33)34/h1-8,24,27H,(H2,21,28)(H,32,33,34)(H,35,36,37). The van der Waals surface area contributed by atoms with E-state index in [2.05, 4.69) is 15.3 Å². The molecule has 39 heavy (non-hydrogen) atoms. The third kappa shape index (κ3) is 5.22. The molecule has 0 spiro atoms. The lowest BCUT2D eigenvalue weighted by Crippen LogP contribution is -2.14. The maximum absolute atomic E-state index is 13.1. The van der Waals surface area contributed by atoms with Gasteiger partial charge < -0.3 is 10.8 Å². The molecule has 1 aromatic heterocycles. The van der Waals surface area contributed by atoms with Gasteiger partial charge in [-0.2, -0.15) is 16.8 Å². The average Bonchev–Trinajstić information content (AvgIpc) is 3.17. The number of rotatable bonds is 7. The van der Waals surface area contributed by atoms with E-state index in [0.717, 1.165) is 28.9 Å². The second kappa shape index (κ2) is 9.40. The quantitative estimate of drug-likeness (QED) is 0.0914. The lowest BCUT2D eigenvalue weighted by Gasteiger charge is -2.07. The second-order valence-corrected chi connectivity index (χ2v) is 10.6. The van der Waals surface area contributed by atoms with Crippen LogP contribution in [0.15, 0.2) is 73.3 Å². The summed E-state index contributed by atoms with van der Waals surface area (Å²) in [4.78, 5) is 33.5. The highest BCUT2D eigenvalue weighted by Gasteiger charge is 2.23. The molecule has 0 atom stereocenters. The zero-order valence-electron chi connectivity index (χ0n) is 18.9. The number of phenolic OH excluding ortho intramolecular Hbond substituents is 1. The van der Waals surface area contributed by atoms with Crippen LogP contribution in [0.25, 0.3) is 16.5 Å². The van der Waals surface area contributed by atoms with E-state index in [1.54, 1.807) is 0 Å². The van der Waals surface area contributed by atoms with E-state index in [-0.39, 0.29) is 16.5 Å². The molecule has 0 aliphatic heterocycles. The molecule has 19 heteroatoms. The van der Waals surface area contributed by atoms with Crippen LogP contribution < -0.4 is 11.3 Å². The van der Waals surface area contributed by atoms with Gasteiger partial charge in [-0.1, -0.05) is 0 Å². The van der Waals surface area contributed by atoms with Crippen molar-refractivity contribution in [2.75, 3.05) is 0 Å². The number of non-ortho nitro benzene ring substituents is 1. The van der Waals surface area contributed by atoms with Crippen molar-refractivity contribution in [1.29, 1.82) is 0 Å². The number of phenols is 1. The van der Waals surface area contributed by atoms with E-state index in [0.29, 0.717) is 6.07 Å². The molecule has 4 aromatic rings. The molecule has 0 unspecified atom stereocenters. The fourth-order valence-electron chi connectivity index (χ4n) is 3.48. The van der Waals surface area contributed by atoms with Crippen molar-refractivity contribution in [3.63, 3.8) is 0 Å². The minimum atomic E-state index is -5.03. The largest absolute Gasteiger partial charge is 0.507 e. The minimum absolute atomic E-state index is 0.0164. The smallest absolute Gasteiger partial charge is 0.299 e. The summed E-state index contributed by atoms with van der Waals surface area (Å²) >= 11 is 0. The fourth-order valence-corrected chi connectivity index (χ4v) is 4.66. The van der Waals surface area contributed by atoms with Crippen molar-refractivity contribution in [1.82, 2.24) is 9.78 Å². The van der Waals surface area contributed by atoms with Gasteiger partial charge in [-0.05, 0) is 35.7 Å². The number of nitrogens with two attached hydrogens (primary N) is 1. The van der Waals surface area contributed by atoms with Gasteiger partial charge in [0.05, 0.1) is 15.5 Å². The van der Waals surface area contributed by atoms with Gasteiger partial charge >= 0.3 is 0 Å². The molecule has 202 valence electrons. The van der Waals surface area contributed by atoms with Crippen LogP contribution in [0.3, 0.4) is 0 Å². The molecule has 0 fully saturated rings. The Hall–Kier alpha value is -4.98. The molecule has 0 aliphatic rings. The summed E-state index contributed by atoms with van der Waals surface area (Å²) in [6.07, 6.45) is 0. The Labute approximate surface area is 216 Å². The first-order valence-corrected chi connectivity index (χ1v) is 13.0. The molecule has 4 rings (SSSR count). The number of benzene rings is 3.